The maximum atomic E-state index is 13.1. The van der Waals surface area contributed by atoms with Gasteiger partial charge in [-0.2, -0.15) is 0 Å². The van der Waals surface area contributed by atoms with Crippen LogP contribution in [0.4, 0.5) is 4.79 Å². The van der Waals surface area contributed by atoms with Crippen molar-refractivity contribution in [3.8, 4) is 5.69 Å². The number of imide groups is 1. The largest absolute Gasteiger partial charge is 0.351 e. The molecule has 3 aromatic rings. The molecule has 1 atom stereocenters. The second-order valence-electron chi connectivity index (χ2n) is 5.65. The first kappa shape index (κ1) is 18.9. The Labute approximate surface area is 163 Å². The Bertz CT molecular complexity index is 1100. The van der Waals surface area contributed by atoms with Gasteiger partial charge in [-0.15, -0.1) is 0 Å². The van der Waals surface area contributed by atoms with Crippen molar-refractivity contribution in [1.82, 2.24) is 14.9 Å². The molecule has 0 fully saturated rings. The van der Waals surface area contributed by atoms with Crippen LogP contribution in [0, 0.1) is 0 Å². The first-order valence-electron chi connectivity index (χ1n) is 7.91. The molecule has 0 aliphatic carbocycles. The highest BCUT2D eigenvalue weighted by Gasteiger charge is 2.21. The number of nitrogens with one attached hydrogen (secondary N) is 1. The lowest BCUT2D eigenvalue weighted by Gasteiger charge is -2.16. The number of para-hydroxylation sites is 1. The van der Waals surface area contributed by atoms with Crippen LogP contribution in [-0.4, -0.2) is 26.7 Å². The predicted molar refractivity (Wildman–Crippen MR) is 105 cm³/mol. The summed E-state index contributed by atoms with van der Waals surface area (Å²) >= 11 is 7.11. The minimum atomic E-state index is -0.939. The van der Waals surface area contributed by atoms with E-state index in [1.807, 2.05) is 5.32 Å². The molecule has 7 nitrogen and oxygen atoms in total. The first-order valence-corrected chi connectivity index (χ1v) is 9.17. The SMILES string of the molecule is C[C@H](Sc1nc2ccccc2c(=O)n1-c1cccc(Cl)c1)C(=O)NC(N)=O. The number of amides is 3. The van der Waals surface area contributed by atoms with E-state index in [-0.39, 0.29) is 5.56 Å². The first-order chi connectivity index (χ1) is 12.9. The summed E-state index contributed by atoms with van der Waals surface area (Å²) in [6.07, 6.45) is 0. The maximum absolute atomic E-state index is 13.1. The number of hydrogen-bond acceptors (Lipinski definition) is 5. The van der Waals surface area contributed by atoms with Crippen LogP contribution in [0.2, 0.25) is 5.02 Å². The number of hydrogen-bond donors (Lipinski definition) is 2. The molecule has 1 heterocycles. The fraction of sp³-hybridized carbons (Fsp3) is 0.111. The summed E-state index contributed by atoms with van der Waals surface area (Å²) in [5, 5.41) is 2.51. The highest BCUT2D eigenvalue weighted by Crippen LogP contribution is 2.26. The molecule has 0 radical (unpaired) electrons. The molecule has 9 heteroatoms. The van der Waals surface area contributed by atoms with Gasteiger partial charge in [-0.3, -0.25) is 19.5 Å². The van der Waals surface area contributed by atoms with Crippen LogP contribution in [0.1, 0.15) is 6.92 Å². The van der Waals surface area contributed by atoms with Gasteiger partial charge in [0.25, 0.3) is 5.56 Å². The van der Waals surface area contributed by atoms with Crippen molar-refractivity contribution >= 4 is 46.2 Å². The number of aromatic nitrogens is 2. The molecule has 0 aliphatic rings. The zero-order chi connectivity index (χ0) is 19.6. The summed E-state index contributed by atoms with van der Waals surface area (Å²) in [7, 11) is 0. The van der Waals surface area contributed by atoms with Crippen molar-refractivity contribution in [2.75, 3.05) is 0 Å². The van der Waals surface area contributed by atoms with E-state index < -0.39 is 17.2 Å². The average molecular weight is 403 g/mol. The van der Waals surface area contributed by atoms with Crippen LogP contribution in [0.3, 0.4) is 0 Å². The fourth-order valence-corrected chi connectivity index (χ4v) is 3.58. The predicted octanol–water partition coefficient (Wildman–Crippen LogP) is 2.71. The van der Waals surface area contributed by atoms with E-state index in [2.05, 4.69) is 4.98 Å². The number of rotatable bonds is 4. The Balaban J connectivity index is 2.15. The summed E-state index contributed by atoms with van der Waals surface area (Å²) in [4.78, 5) is 40.6. The van der Waals surface area contributed by atoms with E-state index in [4.69, 9.17) is 17.3 Å². The van der Waals surface area contributed by atoms with Gasteiger partial charge >= 0.3 is 6.03 Å². The molecule has 0 saturated heterocycles. The van der Waals surface area contributed by atoms with E-state index in [0.29, 0.717) is 26.8 Å². The van der Waals surface area contributed by atoms with Gasteiger partial charge in [-0.1, -0.05) is 41.6 Å². The molecule has 138 valence electrons. The van der Waals surface area contributed by atoms with Crippen LogP contribution in [0.5, 0.6) is 0 Å². The number of thioether (sulfide) groups is 1. The molecular weight excluding hydrogens is 388 g/mol. The highest BCUT2D eigenvalue weighted by atomic mass is 35.5. The topological polar surface area (TPSA) is 107 Å². The van der Waals surface area contributed by atoms with Crippen molar-refractivity contribution in [3.63, 3.8) is 0 Å². The van der Waals surface area contributed by atoms with Gasteiger partial charge in [0.05, 0.1) is 21.8 Å². The molecule has 27 heavy (non-hydrogen) atoms. The van der Waals surface area contributed by atoms with Gasteiger partial charge in [-0.05, 0) is 37.3 Å². The molecule has 1 aromatic heterocycles. The lowest BCUT2D eigenvalue weighted by molar-refractivity contribution is -0.119. The molecular formula is C18H15ClN4O3S. The molecule has 3 N–H and O–H groups in total. The molecule has 0 spiro atoms. The number of nitrogens with two attached hydrogens (primary N) is 1. The van der Waals surface area contributed by atoms with Gasteiger partial charge in [0.2, 0.25) is 5.91 Å². The Hall–Kier alpha value is -2.84. The Morgan fingerprint density at radius 1 is 1.22 bits per heavy atom. The molecule has 2 aromatic carbocycles. The van der Waals surface area contributed by atoms with Crippen molar-refractivity contribution in [2.24, 2.45) is 5.73 Å². The summed E-state index contributed by atoms with van der Waals surface area (Å²) in [5.41, 5.74) is 5.74. The summed E-state index contributed by atoms with van der Waals surface area (Å²) in [6.45, 7) is 1.59. The molecule has 0 bridgehead atoms. The highest BCUT2D eigenvalue weighted by molar-refractivity contribution is 8.00. The smallest absolute Gasteiger partial charge is 0.318 e. The molecule has 3 rings (SSSR count). The molecule has 0 unspecified atom stereocenters. The second-order valence-corrected chi connectivity index (χ2v) is 7.39. The minimum Gasteiger partial charge on any atom is -0.351 e. The third kappa shape index (κ3) is 4.12. The number of halogens is 1. The lowest BCUT2D eigenvalue weighted by Crippen LogP contribution is -2.39. The van der Waals surface area contributed by atoms with Crippen LogP contribution >= 0.6 is 23.4 Å². The number of carbonyl (C=O) groups is 2. The average Bonchev–Trinajstić information content (AvgIpc) is 2.61. The van der Waals surface area contributed by atoms with Crippen molar-refractivity contribution in [3.05, 3.63) is 63.9 Å². The Morgan fingerprint density at radius 3 is 2.67 bits per heavy atom. The normalized spacial score (nSPS) is 11.9. The van der Waals surface area contributed by atoms with E-state index in [1.54, 1.807) is 55.5 Å². The quantitative estimate of drug-likeness (QED) is 0.515. The van der Waals surface area contributed by atoms with Gasteiger partial charge in [-0.25, -0.2) is 9.78 Å². The number of urea groups is 1. The third-order valence-electron chi connectivity index (χ3n) is 3.71. The van der Waals surface area contributed by atoms with Crippen LogP contribution < -0.4 is 16.6 Å². The zero-order valence-electron chi connectivity index (χ0n) is 14.2. The third-order valence-corrected chi connectivity index (χ3v) is 5.00. The number of primary amides is 1. The standard InChI is InChI=1S/C18H15ClN4O3S/c1-10(15(24)22-17(20)26)27-18-21-14-8-3-2-7-13(14)16(25)23(18)12-6-4-5-11(19)9-12/h2-10H,1H3,(H3,20,22,24,26)/t10-/m0/s1. The fourth-order valence-electron chi connectivity index (χ4n) is 2.47. The van der Waals surface area contributed by atoms with Crippen LogP contribution in [-0.2, 0) is 4.79 Å². The van der Waals surface area contributed by atoms with E-state index in [1.165, 1.54) is 4.57 Å². The maximum Gasteiger partial charge on any atom is 0.318 e. The summed E-state index contributed by atoms with van der Waals surface area (Å²) in [6, 6.07) is 12.8. The van der Waals surface area contributed by atoms with Gasteiger partial charge < -0.3 is 5.73 Å². The zero-order valence-corrected chi connectivity index (χ0v) is 15.8. The number of benzene rings is 2. The molecule has 0 aliphatic heterocycles. The monoisotopic (exact) mass is 402 g/mol. The van der Waals surface area contributed by atoms with Gasteiger partial charge in [0.1, 0.15) is 0 Å². The molecule has 0 saturated carbocycles. The van der Waals surface area contributed by atoms with Crippen molar-refractivity contribution < 1.29 is 9.59 Å². The van der Waals surface area contributed by atoms with Crippen LogP contribution in [0.15, 0.2) is 58.5 Å². The lowest BCUT2D eigenvalue weighted by atomic mass is 10.2. The number of fused-ring (bicyclic) bond motifs is 1. The van der Waals surface area contributed by atoms with E-state index in [0.717, 1.165) is 11.8 Å². The molecule has 3 amide bonds. The minimum absolute atomic E-state index is 0.284. The van der Waals surface area contributed by atoms with E-state index in [9.17, 15) is 14.4 Å². The number of carbonyl (C=O) groups excluding carboxylic acids is 2. The van der Waals surface area contributed by atoms with E-state index >= 15 is 0 Å². The summed E-state index contributed by atoms with van der Waals surface area (Å²) < 4.78 is 1.40. The Kier molecular flexibility index (Phi) is 5.48. The van der Waals surface area contributed by atoms with Crippen molar-refractivity contribution in [2.45, 2.75) is 17.3 Å². The number of nitrogens with zero attached hydrogens (tertiary/aromatic N) is 2. The second kappa shape index (κ2) is 7.81. The van der Waals surface area contributed by atoms with Crippen LogP contribution in [0.25, 0.3) is 16.6 Å². The van der Waals surface area contributed by atoms with Gasteiger partial charge in [0, 0.05) is 5.02 Å². The summed E-state index contributed by atoms with van der Waals surface area (Å²) in [5.74, 6) is -0.576. The van der Waals surface area contributed by atoms with Crippen molar-refractivity contribution in [1.29, 1.82) is 0 Å². The van der Waals surface area contributed by atoms with Gasteiger partial charge in [0.15, 0.2) is 5.16 Å². The Morgan fingerprint density at radius 2 is 1.96 bits per heavy atom.